The maximum atomic E-state index is 5.64. The molecule has 0 radical (unpaired) electrons. The van der Waals surface area contributed by atoms with Gasteiger partial charge in [-0.2, -0.15) is 0 Å². The van der Waals surface area contributed by atoms with E-state index in [-0.39, 0.29) is 0 Å². The van der Waals surface area contributed by atoms with Crippen LogP contribution in [0.2, 0.25) is 0 Å². The van der Waals surface area contributed by atoms with Gasteiger partial charge in [-0.25, -0.2) is 0 Å². The molecule has 0 aromatic heterocycles. The first kappa shape index (κ1) is 9.47. The van der Waals surface area contributed by atoms with Gasteiger partial charge in [0.15, 0.2) is 0 Å². The van der Waals surface area contributed by atoms with Crippen LogP contribution in [0.15, 0.2) is 0 Å². The van der Waals surface area contributed by atoms with Crippen molar-refractivity contribution < 1.29 is 9.47 Å². The average molecular weight is 368 g/mol. The summed E-state index contributed by atoms with van der Waals surface area (Å²) in [5, 5.41) is 0. The quantitative estimate of drug-likeness (QED) is 0.545. The minimum atomic E-state index is 0.328. The molecule has 2 atom stereocenters. The Labute approximate surface area is 88.3 Å². The highest BCUT2D eigenvalue weighted by Gasteiger charge is 2.20. The molecule has 1 heterocycles. The fraction of sp³-hybridized carbons (Fsp3) is 1.00. The molecule has 0 bridgehead atoms. The second kappa shape index (κ2) is 5.10. The van der Waals surface area contributed by atoms with Crippen LogP contribution in [0.4, 0.5) is 0 Å². The summed E-state index contributed by atoms with van der Waals surface area (Å²) in [6.45, 7) is 1.55. The molecule has 0 saturated carbocycles. The van der Waals surface area contributed by atoms with Crippen molar-refractivity contribution in [2.24, 2.45) is 0 Å². The second-order valence-electron chi connectivity index (χ2n) is 2.23. The number of halogens is 2. The number of rotatable bonds is 2. The third-order valence-electron chi connectivity index (χ3n) is 1.34. The molecule has 0 aromatic carbocycles. The lowest BCUT2D eigenvalue weighted by Gasteiger charge is -2.27. The lowest BCUT2D eigenvalue weighted by molar-refractivity contribution is -0.117. The topological polar surface area (TPSA) is 18.5 Å². The van der Waals surface area contributed by atoms with Crippen LogP contribution >= 0.6 is 45.2 Å². The Morgan fingerprint density at radius 3 is 2.00 bits per heavy atom. The van der Waals surface area contributed by atoms with Crippen LogP contribution in [0, 0.1) is 0 Å². The van der Waals surface area contributed by atoms with Gasteiger partial charge < -0.3 is 9.47 Å². The van der Waals surface area contributed by atoms with Gasteiger partial charge in [-0.3, -0.25) is 0 Å². The monoisotopic (exact) mass is 368 g/mol. The van der Waals surface area contributed by atoms with Gasteiger partial charge in [0.05, 0.1) is 25.4 Å². The summed E-state index contributed by atoms with van der Waals surface area (Å²) in [7, 11) is 0. The van der Waals surface area contributed by atoms with E-state index in [1.807, 2.05) is 0 Å². The molecule has 0 amide bonds. The summed E-state index contributed by atoms with van der Waals surface area (Å²) in [5.74, 6) is 0. The van der Waals surface area contributed by atoms with Crippen LogP contribution in [0.1, 0.15) is 0 Å². The number of hydrogen-bond donors (Lipinski definition) is 0. The van der Waals surface area contributed by atoms with Gasteiger partial charge in [-0.15, -0.1) is 0 Å². The van der Waals surface area contributed by atoms with Crippen molar-refractivity contribution in [2.75, 3.05) is 22.1 Å². The van der Waals surface area contributed by atoms with Crippen LogP contribution in [-0.4, -0.2) is 34.3 Å². The Hall–Kier alpha value is 1.38. The van der Waals surface area contributed by atoms with Crippen molar-refractivity contribution in [1.29, 1.82) is 0 Å². The fourth-order valence-electron chi connectivity index (χ4n) is 0.843. The molecular weight excluding hydrogens is 358 g/mol. The molecule has 10 heavy (non-hydrogen) atoms. The molecule has 1 aliphatic rings. The molecule has 0 N–H and O–H groups in total. The zero-order valence-corrected chi connectivity index (χ0v) is 9.87. The molecule has 1 aliphatic heterocycles. The smallest absolute Gasteiger partial charge is 0.0902 e. The Morgan fingerprint density at radius 1 is 1.10 bits per heavy atom. The molecular formula is C6H10I2O2. The molecule has 1 saturated heterocycles. The van der Waals surface area contributed by atoms with E-state index in [4.69, 9.17) is 9.47 Å². The predicted molar refractivity (Wildman–Crippen MR) is 57.3 cm³/mol. The summed E-state index contributed by atoms with van der Waals surface area (Å²) in [6.07, 6.45) is 0.656. The molecule has 0 aromatic rings. The zero-order valence-electron chi connectivity index (χ0n) is 5.56. The van der Waals surface area contributed by atoms with E-state index >= 15 is 0 Å². The van der Waals surface area contributed by atoms with E-state index < -0.39 is 0 Å². The van der Waals surface area contributed by atoms with Gasteiger partial charge in [-0.05, 0) is 0 Å². The van der Waals surface area contributed by atoms with Gasteiger partial charge in [0, 0.05) is 8.86 Å². The molecule has 0 spiro atoms. The summed E-state index contributed by atoms with van der Waals surface area (Å²) in [5.41, 5.74) is 0. The Kier molecular flexibility index (Phi) is 4.83. The number of hydrogen-bond acceptors (Lipinski definition) is 2. The predicted octanol–water partition coefficient (Wildman–Crippen LogP) is 1.64. The van der Waals surface area contributed by atoms with Crippen molar-refractivity contribution in [2.45, 2.75) is 12.2 Å². The fourth-order valence-corrected chi connectivity index (χ4v) is 1.77. The van der Waals surface area contributed by atoms with Gasteiger partial charge in [0.1, 0.15) is 0 Å². The van der Waals surface area contributed by atoms with Gasteiger partial charge >= 0.3 is 0 Å². The van der Waals surface area contributed by atoms with E-state index in [0.29, 0.717) is 12.2 Å². The minimum Gasteiger partial charge on any atom is -0.376 e. The third-order valence-corrected chi connectivity index (χ3v) is 3.30. The highest BCUT2D eigenvalue weighted by atomic mass is 127. The maximum Gasteiger partial charge on any atom is 0.0902 e. The van der Waals surface area contributed by atoms with E-state index in [2.05, 4.69) is 45.2 Å². The van der Waals surface area contributed by atoms with Crippen LogP contribution in [0.3, 0.4) is 0 Å². The molecule has 2 nitrogen and oxygen atoms in total. The van der Waals surface area contributed by atoms with Crippen molar-refractivity contribution >= 4 is 45.2 Å². The van der Waals surface area contributed by atoms with Crippen molar-refractivity contribution in [3.63, 3.8) is 0 Å². The Balaban J connectivity index is 2.25. The molecule has 1 fully saturated rings. The van der Waals surface area contributed by atoms with Crippen LogP contribution < -0.4 is 0 Å². The summed E-state index contributed by atoms with van der Waals surface area (Å²) in [6, 6.07) is 0. The van der Waals surface area contributed by atoms with Gasteiger partial charge in [0.2, 0.25) is 0 Å². The van der Waals surface area contributed by atoms with Gasteiger partial charge in [-0.1, -0.05) is 45.2 Å². The Morgan fingerprint density at radius 2 is 1.60 bits per heavy atom. The highest BCUT2D eigenvalue weighted by Crippen LogP contribution is 2.11. The SMILES string of the molecule is IC[C@H]1COC[C@H](CI)O1. The summed E-state index contributed by atoms with van der Waals surface area (Å²) >= 11 is 4.65. The summed E-state index contributed by atoms with van der Waals surface area (Å²) < 4.78 is 13.1. The number of ether oxygens (including phenoxy) is 2. The van der Waals surface area contributed by atoms with Crippen molar-refractivity contribution in [1.82, 2.24) is 0 Å². The molecule has 0 unspecified atom stereocenters. The first-order valence-electron chi connectivity index (χ1n) is 3.22. The zero-order chi connectivity index (χ0) is 7.40. The lowest BCUT2D eigenvalue weighted by Crippen LogP contribution is -2.37. The minimum absolute atomic E-state index is 0.328. The van der Waals surface area contributed by atoms with E-state index in [9.17, 15) is 0 Å². The van der Waals surface area contributed by atoms with Crippen molar-refractivity contribution in [3.05, 3.63) is 0 Å². The van der Waals surface area contributed by atoms with E-state index in [0.717, 1.165) is 22.1 Å². The third kappa shape index (κ3) is 2.78. The maximum absolute atomic E-state index is 5.64. The lowest BCUT2D eigenvalue weighted by atomic mass is 10.3. The molecule has 1 rings (SSSR count). The summed E-state index contributed by atoms with van der Waals surface area (Å²) in [4.78, 5) is 0. The highest BCUT2D eigenvalue weighted by molar-refractivity contribution is 14.1. The normalized spacial score (nSPS) is 34.2. The second-order valence-corrected chi connectivity index (χ2v) is 3.99. The van der Waals surface area contributed by atoms with E-state index in [1.54, 1.807) is 0 Å². The van der Waals surface area contributed by atoms with E-state index in [1.165, 1.54) is 0 Å². The van der Waals surface area contributed by atoms with Crippen LogP contribution in [0.5, 0.6) is 0 Å². The van der Waals surface area contributed by atoms with Crippen LogP contribution in [-0.2, 0) is 9.47 Å². The van der Waals surface area contributed by atoms with Gasteiger partial charge in [0.25, 0.3) is 0 Å². The molecule has 0 aliphatic carbocycles. The first-order chi connectivity index (χ1) is 4.86. The largest absolute Gasteiger partial charge is 0.376 e. The van der Waals surface area contributed by atoms with Crippen LogP contribution in [0.25, 0.3) is 0 Å². The Bertz CT molecular complexity index is 89.7. The molecule has 60 valence electrons. The average Bonchev–Trinajstić information content (AvgIpc) is 2.05. The van der Waals surface area contributed by atoms with Crippen molar-refractivity contribution in [3.8, 4) is 0 Å². The standard InChI is InChI=1S/C6H10I2O2/c7-1-5-3-9-4-6(2-8)10-5/h5-6H,1-4H2/t5-,6-/m0/s1. The number of alkyl halides is 2. The first-order valence-corrected chi connectivity index (χ1v) is 6.27. The molecule has 4 heteroatoms.